The summed E-state index contributed by atoms with van der Waals surface area (Å²) in [4.78, 5) is 14.8. The highest BCUT2D eigenvalue weighted by Crippen LogP contribution is 2.37. The Balaban J connectivity index is 2.00. The van der Waals surface area contributed by atoms with Crippen LogP contribution in [-0.2, 0) is 4.79 Å². The quantitative estimate of drug-likeness (QED) is 0.884. The molecule has 2 unspecified atom stereocenters. The van der Waals surface area contributed by atoms with E-state index in [1.165, 1.54) is 4.88 Å². The fourth-order valence-electron chi connectivity index (χ4n) is 2.97. The van der Waals surface area contributed by atoms with Gasteiger partial charge in [0.15, 0.2) is 0 Å². The zero-order chi connectivity index (χ0) is 14.8. The molecule has 110 valence electrons. The van der Waals surface area contributed by atoms with Gasteiger partial charge in [0.2, 0.25) is 0 Å². The Morgan fingerprint density at radius 1 is 1.33 bits per heavy atom. The van der Waals surface area contributed by atoms with Gasteiger partial charge in [0.25, 0.3) is 0 Å². The van der Waals surface area contributed by atoms with E-state index in [1.807, 2.05) is 23.6 Å². The maximum absolute atomic E-state index is 11.5. The van der Waals surface area contributed by atoms with Crippen LogP contribution < -0.4 is 0 Å². The molecule has 0 amide bonds. The summed E-state index contributed by atoms with van der Waals surface area (Å²) < 4.78 is 1.03. The molecule has 1 saturated heterocycles. The molecule has 3 nitrogen and oxygen atoms in total. The SMILES string of the molecule is O=C(O)C1CCCN1C(c1ccc(Br)cc1)c1cccs1. The fourth-order valence-corrected chi connectivity index (χ4v) is 4.11. The Bertz CT molecular complexity index is 612. The van der Waals surface area contributed by atoms with Gasteiger partial charge in [0.05, 0.1) is 6.04 Å². The predicted octanol–water partition coefficient (Wildman–Crippen LogP) is 4.15. The van der Waals surface area contributed by atoms with E-state index in [2.05, 4.69) is 39.0 Å². The van der Waals surface area contributed by atoms with Gasteiger partial charge in [0, 0.05) is 15.9 Å². The van der Waals surface area contributed by atoms with Crippen LogP contribution in [0.3, 0.4) is 0 Å². The standard InChI is InChI=1S/C16H16BrNO2S/c17-12-7-5-11(6-8-12)15(14-4-2-10-21-14)18-9-1-3-13(18)16(19)20/h2,4-8,10,13,15H,1,3,9H2,(H,19,20). The average molecular weight is 366 g/mol. The predicted molar refractivity (Wildman–Crippen MR) is 87.7 cm³/mol. The van der Waals surface area contributed by atoms with Gasteiger partial charge in [-0.05, 0) is 42.0 Å². The third-order valence-electron chi connectivity index (χ3n) is 3.91. The van der Waals surface area contributed by atoms with Crippen LogP contribution in [0.2, 0.25) is 0 Å². The number of carboxylic acid groups (broad SMARTS) is 1. The normalized spacial score (nSPS) is 20.5. The molecule has 1 aromatic carbocycles. The van der Waals surface area contributed by atoms with Crippen molar-refractivity contribution in [1.82, 2.24) is 4.90 Å². The first kappa shape index (κ1) is 14.8. The lowest BCUT2D eigenvalue weighted by Crippen LogP contribution is -2.38. The number of benzene rings is 1. The molecule has 2 aromatic rings. The Morgan fingerprint density at radius 3 is 2.71 bits per heavy atom. The van der Waals surface area contributed by atoms with E-state index < -0.39 is 5.97 Å². The summed E-state index contributed by atoms with van der Waals surface area (Å²) in [6, 6.07) is 11.9. The first-order valence-electron chi connectivity index (χ1n) is 6.94. The van der Waals surface area contributed by atoms with Crippen molar-refractivity contribution in [2.75, 3.05) is 6.54 Å². The number of halogens is 1. The molecule has 21 heavy (non-hydrogen) atoms. The zero-order valence-electron chi connectivity index (χ0n) is 11.4. The van der Waals surface area contributed by atoms with E-state index >= 15 is 0 Å². The third-order valence-corrected chi connectivity index (χ3v) is 5.36. The van der Waals surface area contributed by atoms with E-state index in [4.69, 9.17) is 0 Å². The van der Waals surface area contributed by atoms with Crippen LogP contribution in [-0.4, -0.2) is 28.6 Å². The molecular weight excluding hydrogens is 350 g/mol. The first-order chi connectivity index (χ1) is 10.2. The minimum absolute atomic E-state index is 0.0294. The van der Waals surface area contributed by atoms with Crippen molar-refractivity contribution in [1.29, 1.82) is 0 Å². The molecule has 5 heteroatoms. The van der Waals surface area contributed by atoms with Crippen molar-refractivity contribution >= 4 is 33.2 Å². The number of hydrogen-bond acceptors (Lipinski definition) is 3. The van der Waals surface area contributed by atoms with Gasteiger partial charge in [-0.3, -0.25) is 9.69 Å². The van der Waals surface area contributed by atoms with Gasteiger partial charge < -0.3 is 5.11 Å². The second kappa shape index (κ2) is 6.30. The molecule has 0 bridgehead atoms. The molecule has 1 aromatic heterocycles. The highest BCUT2D eigenvalue weighted by molar-refractivity contribution is 9.10. The average Bonchev–Trinajstić information content (AvgIpc) is 3.13. The van der Waals surface area contributed by atoms with E-state index in [0.29, 0.717) is 0 Å². The molecule has 1 N–H and O–H groups in total. The molecule has 2 heterocycles. The van der Waals surface area contributed by atoms with Crippen LogP contribution in [0.4, 0.5) is 0 Å². The Hall–Kier alpha value is -1.17. The topological polar surface area (TPSA) is 40.5 Å². The summed E-state index contributed by atoms with van der Waals surface area (Å²) in [6.45, 7) is 0.829. The van der Waals surface area contributed by atoms with E-state index in [-0.39, 0.29) is 12.1 Å². The third kappa shape index (κ3) is 3.05. The Morgan fingerprint density at radius 2 is 2.10 bits per heavy atom. The first-order valence-corrected chi connectivity index (χ1v) is 8.61. The highest BCUT2D eigenvalue weighted by atomic mass is 79.9. The lowest BCUT2D eigenvalue weighted by atomic mass is 10.0. The van der Waals surface area contributed by atoms with Gasteiger partial charge in [-0.25, -0.2) is 0 Å². The van der Waals surface area contributed by atoms with Gasteiger partial charge in [0.1, 0.15) is 6.04 Å². The van der Waals surface area contributed by atoms with Crippen molar-refractivity contribution in [3.63, 3.8) is 0 Å². The molecule has 0 aliphatic carbocycles. The van der Waals surface area contributed by atoms with E-state index in [0.717, 1.165) is 29.4 Å². The molecular formula is C16H16BrNO2S. The maximum atomic E-state index is 11.5. The Labute approximate surface area is 136 Å². The molecule has 1 fully saturated rings. The monoisotopic (exact) mass is 365 g/mol. The lowest BCUT2D eigenvalue weighted by Gasteiger charge is -2.31. The summed E-state index contributed by atoms with van der Waals surface area (Å²) >= 11 is 5.14. The van der Waals surface area contributed by atoms with Crippen molar-refractivity contribution < 1.29 is 9.90 Å². The number of nitrogens with zero attached hydrogens (tertiary/aromatic N) is 1. The fraction of sp³-hybridized carbons (Fsp3) is 0.312. The van der Waals surface area contributed by atoms with Crippen LogP contribution in [0.15, 0.2) is 46.3 Å². The summed E-state index contributed by atoms with van der Waals surface area (Å²) in [6.07, 6.45) is 1.67. The number of rotatable bonds is 4. The summed E-state index contributed by atoms with van der Waals surface area (Å²) in [5.41, 5.74) is 1.15. The van der Waals surface area contributed by atoms with Crippen molar-refractivity contribution in [3.8, 4) is 0 Å². The molecule has 2 atom stereocenters. The summed E-state index contributed by atoms with van der Waals surface area (Å²) in [7, 11) is 0. The minimum atomic E-state index is -0.717. The summed E-state index contributed by atoms with van der Waals surface area (Å²) in [5, 5.41) is 11.5. The molecule has 0 radical (unpaired) electrons. The number of thiophene rings is 1. The second-order valence-corrected chi connectivity index (χ2v) is 7.10. The van der Waals surface area contributed by atoms with Gasteiger partial charge >= 0.3 is 5.97 Å². The summed E-state index contributed by atoms with van der Waals surface area (Å²) in [5.74, 6) is -0.717. The van der Waals surface area contributed by atoms with Gasteiger partial charge in [-0.1, -0.05) is 34.1 Å². The lowest BCUT2D eigenvalue weighted by molar-refractivity contribution is -0.142. The largest absolute Gasteiger partial charge is 0.480 e. The number of hydrogen-bond donors (Lipinski definition) is 1. The number of carboxylic acids is 1. The molecule has 0 saturated carbocycles. The van der Waals surface area contributed by atoms with Crippen LogP contribution in [0, 0.1) is 0 Å². The van der Waals surface area contributed by atoms with E-state index in [9.17, 15) is 9.90 Å². The van der Waals surface area contributed by atoms with Crippen molar-refractivity contribution in [3.05, 3.63) is 56.7 Å². The number of carbonyl (C=O) groups is 1. The molecule has 3 rings (SSSR count). The van der Waals surface area contributed by atoms with E-state index in [1.54, 1.807) is 11.3 Å². The molecule has 0 spiro atoms. The number of likely N-dealkylation sites (tertiary alicyclic amines) is 1. The van der Waals surface area contributed by atoms with Crippen LogP contribution in [0.25, 0.3) is 0 Å². The minimum Gasteiger partial charge on any atom is -0.480 e. The van der Waals surface area contributed by atoms with Crippen LogP contribution >= 0.6 is 27.3 Å². The molecule has 1 aliphatic heterocycles. The highest BCUT2D eigenvalue weighted by Gasteiger charge is 2.37. The molecule has 1 aliphatic rings. The second-order valence-electron chi connectivity index (χ2n) is 5.20. The Kier molecular flexibility index (Phi) is 4.42. The van der Waals surface area contributed by atoms with Gasteiger partial charge in [-0.15, -0.1) is 11.3 Å². The smallest absolute Gasteiger partial charge is 0.320 e. The van der Waals surface area contributed by atoms with Crippen molar-refractivity contribution in [2.45, 2.75) is 24.9 Å². The van der Waals surface area contributed by atoms with Crippen molar-refractivity contribution in [2.24, 2.45) is 0 Å². The number of aliphatic carboxylic acids is 1. The maximum Gasteiger partial charge on any atom is 0.320 e. The van der Waals surface area contributed by atoms with Crippen LogP contribution in [0.1, 0.15) is 29.3 Å². The van der Waals surface area contributed by atoms with Gasteiger partial charge in [-0.2, -0.15) is 0 Å². The zero-order valence-corrected chi connectivity index (χ0v) is 13.8. The van der Waals surface area contributed by atoms with Crippen LogP contribution in [0.5, 0.6) is 0 Å².